The Bertz CT molecular complexity index is 374. The first kappa shape index (κ1) is 13.5. The van der Waals surface area contributed by atoms with Gasteiger partial charge in [-0.2, -0.15) is 11.3 Å². The second-order valence-electron chi connectivity index (χ2n) is 4.37. The average molecular weight is 261 g/mol. The van der Waals surface area contributed by atoms with Gasteiger partial charge in [-0.1, -0.05) is 0 Å². The van der Waals surface area contributed by atoms with Gasteiger partial charge >= 0.3 is 0 Å². The molecule has 0 aromatic carbocycles. The molecule has 3 nitrogen and oxygen atoms in total. The summed E-state index contributed by atoms with van der Waals surface area (Å²) in [4.78, 5) is 11.8. The van der Waals surface area contributed by atoms with Gasteiger partial charge in [0.25, 0.3) is 5.91 Å². The molecule has 0 saturated heterocycles. The van der Waals surface area contributed by atoms with E-state index in [1.807, 2.05) is 17.7 Å². The van der Waals surface area contributed by atoms with Crippen molar-refractivity contribution in [2.24, 2.45) is 5.73 Å². The van der Waals surface area contributed by atoms with Crippen molar-refractivity contribution in [1.82, 2.24) is 5.32 Å². The molecule has 1 amide bonds. The summed E-state index contributed by atoms with van der Waals surface area (Å²) in [5, 5.41) is 6.78. The number of nitrogens with two attached hydrogens (primary N) is 1. The summed E-state index contributed by atoms with van der Waals surface area (Å²) in [5.41, 5.74) is 7.71. The van der Waals surface area contributed by atoms with Gasteiger partial charge in [0.05, 0.1) is 5.56 Å². The number of thiophene rings is 1. The van der Waals surface area contributed by atoms with E-state index >= 15 is 0 Å². The Labute approximate surface area is 106 Å². The van der Waals surface area contributed by atoms with Crippen LogP contribution < -0.4 is 11.1 Å². The summed E-state index contributed by atoms with van der Waals surface area (Å²) >= 11 is 1.56. The second kappa shape index (κ2) is 5.17. The van der Waals surface area contributed by atoms with Crippen molar-refractivity contribution in [2.45, 2.75) is 31.7 Å². The lowest BCUT2D eigenvalue weighted by Crippen LogP contribution is -2.54. The van der Waals surface area contributed by atoms with E-state index in [1.165, 1.54) is 6.42 Å². The van der Waals surface area contributed by atoms with Gasteiger partial charge in [0.1, 0.15) is 0 Å². The minimum Gasteiger partial charge on any atom is -0.350 e. The van der Waals surface area contributed by atoms with Crippen LogP contribution in [0.3, 0.4) is 0 Å². The number of nitrogens with one attached hydrogen (secondary N) is 1. The van der Waals surface area contributed by atoms with Crippen LogP contribution in [0.4, 0.5) is 0 Å². The summed E-state index contributed by atoms with van der Waals surface area (Å²) in [6.45, 7) is 2.55. The average Bonchev–Trinajstić information content (AvgIpc) is 2.58. The fourth-order valence-corrected chi connectivity index (χ4v) is 2.58. The van der Waals surface area contributed by atoms with Crippen molar-refractivity contribution in [1.29, 1.82) is 0 Å². The molecule has 2 rings (SSSR count). The Hall–Kier alpha value is -0.580. The van der Waals surface area contributed by atoms with Crippen LogP contribution in [0, 0.1) is 6.92 Å². The highest BCUT2D eigenvalue weighted by molar-refractivity contribution is 7.08. The lowest BCUT2D eigenvalue weighted by molar-refractivity contribution is 0.0929. The lowest BCUT2D eigenvalue weighted by atomic mass is 9.78. The summed E-state index contributed by atoms with van der Waals surface area (Å²) in [7, 11) is 0. The minimum atomic E-state index is -0.139. The first-order chi connectivity index (χ1) is 7.11. The zero-order valence-electron chi connectivity index (χ0n) is 9.29. The normalized spacial score (nSPS) is 17.1. The van der Waals surface area contributed by atoms with Crippen LogP contribution in [0.25, 0.3) is 0 Å². The first-order valence-electron chi connectivity index (χ1n) is 5.21. The van der Waals surface area contributed by atoms with Crippen LogP contribution in [-0.4, -0.2) is 18.0 Å². The second-order valence-corrected chi connectivity index (χ2v) is 5.11. The molecule has 0 radical (unpaired) electrons. The SMILES string of the molecule is Cc1cscc1C(=O)NCC1(N)CCC1.Cl. The van der Waals surface area contributed by atoms with E-state index in [-0.39, 0.29) is 23.9 Å². The smallest absolute Gasteiger partial charge is 0.252 e. The van der Waals surface area contributed by atoms with Crippen molar-refractivity contribution in [2.75, 3.05) is 6.54 Å². The van der Waals surface area contributed by atoms with Gasteiger partial charge in [-0.05, 0) is 37.1 Å². The summed E-state index contributed by atoms with van der Waals surface area (Å²) < 4.78 is 0. The Morgan fingerprint density at radius 2 is 2.25 bits per heavy atom. The molecule has 1 aliphatic carbocycles. The number of amides is 1. The molecule has 5 heteroatoms. The zero-order chi connectivity index (χ0) is 10.9. The highest BCUT2D eigenvalue weighted by Crippen LogP contribution is 2.28. The van der Waals surface area contributed by atoms with Crippen molar-refractivity contribution in [3.8, 4) is 0 Å². The molecular weight excluding hydrogens is 244 g/mol. The van der Waals surface area contributed by atoms with Gasteiger partial charge in [0.2, 0.25) is 0 Å². The van der Waals surface area contributed by atoms with Crippen molar-refractivity contribution >= 4 is 29.7 Å². The van der Waals surface area contributed by atoms with Crippen molar-refractivity contribution < 1.29 is 4.79 Å². The first-order valence-corrected chi connectivity index (χ1v) is 6.15. The number of rotatable bonds is 3. The number of aryl methyl sites for hydroxylation is 1. The maximum Gasteiger partial charge on any atom is 0.252 e. The standard InChI is InChI=1S/C11H16N2OS.ClH/c1-8-5-15-6-9(8)10(14)13-7-11(12)3-2-4-11;/h5-6H,2-4,7,12H2,1H3,(H,13,14);1H. The molecule has 0 atom stereocenters. The number of carbonyl (C=O) groups is 1. The molecule has 1 aliphatic rings. The van der Waals surface area contributed by atoms with Gasteiger partial charge in [-0.15, -0.1) is 12.4 Å². The highest BCUT2D eigenvalue weighted by Gasteiger charge is 2.32. The van der Waals surface area contributed by atoms with Crippen molar-refractivity contribution in [3.05, 3.63) is 21.9 Å². The van der Waals surface area contributed by atoms with Crippen LogP contribution in [0.15, 0.2) is 10.8 Å². The van der Waals surface area contributed by atoms with E-state index in [0.717, 1.165) is 24.0 Å². The molecule has 1 aromatic rings. The molecule has 16 heavy (non-hydrogen) atoms. The van der Waals surface area contributed by atoms with Crippen LogP contribution in [0.5, 0.6) is 0 Å². The maximum absolute atomic E-state index is 11.8. The van der Waals surface area contributed by atoms with Gasteiger partial charge in [-0.3, -0.25) is 4.79 Å². The third-order valence-electron chi connectivity index (χ3n) is 3.05. The molecule has 0 unspecified atom stereocenters. The van der Waals surface area contributed by atoms with E-state index in [9.17, 15) is 4.79 Å². The molecule has 0 spiro atoms. The number of carbonyl (C=O) groups excluding carboxylic acids is 1. The van der Waals surface area contributed by atoms with E-state index in [1.54, 1.807) is 11.3 Å². The molecule has 0 bridgehead atoms. The molecule has 90 valence electrons. The third-order valence-corrected chi connectivity index (χ3v) is 3.91. The summed E-state index contributed by atoms with van der Waals surface area (Å²) in [5.74, 6) is 0.00507. The largest absolute Gasteiger partial charge is 0.350 e. The van der Waals surface area contributed by atoms with Gasteiger partial charge in [-0.25, -0.2) is 0 Å². The quantitative estimate of drug-likeness (QED) is 0.874. The highest BCUT2D eigenvalue weighted by atomic mass is 35.5. The molecule has 0 aliphatic heterocycles. The third kappa shape index (κ3) is 2.75. The van der Waals surface area contributed by atoms with Crippen LogP contribution in [0.1, 0.15) is 35.2 Å². The topological polar surface area (TPSA) is 55.1 Å². The predicted octanol–water partition coefficient (Wildman–Crippen LogP) is 2.09. The Balaban J connectivity index is 0.00000128. The molecule has 1 aromatic heterocycles. The minimum absolute atomic E-state index is 0. The molecular formula is C11H17ClN2OS. The maximum atomic E-state index is 11.8. The van der Waals surface area contributed by atoms with E-state index in [4.69, 9.17) is 5.73 Å². The predicted molar refractivity (Wildman–Crippen MR) is 69.4 cm³/mol. The molecule has 1 heterocycles. The monoisotopic (exact) mass is 260 g/mol. The zero-order valence-corrected chi connectivity index (χ0v) is 10.9. The van der Waals surface area contributed by atoms with Crippen LogP contribution in [-0.2, 0) is 0 Å². The number of hydrogen-bond acceptors (Lipinski definition) is 3. The Kier molecular flexibility index (Phi) is 4.35. The fourth-order valence-electron chi connectivity index (χ4n) is 1.75. The van der Waals surface area contributed by atoms with E-state index in [0.29, 0.717) is 6.54 Å². The number of hydrogen-bond donors (Lipinski definition) is 2. The van der Waals surface area contributed by atoms with Gasteiger partial charge in [0.15, 0.2) is 0 Å². The summed E-state index contributed by atoms with van der Waals surface area (Å²) in [6, 6.07) is 0. The lowest BCUT2D eigenvalue weighted by Gasteiger charge is -2.38. The van der Waals surface area contributed by atoms with Gasteiger partial charge < -0.3 is 11.1 Å². The van der Waals surface area contributed by atoms with Crippen molar-refractivity contribution in [3.63, 3.8) is 0 Å². The van der Waals surface area contributed by atoms with Crippen LogP contribution in [0.2, 0.25) is 0 Å². The Morgan fingerprint density at radius 3 is 2.69 bits per heavy atom. The van der Waals surface area contributed by atoms with Gasteiger partial charge in [0, 0.05) is 17.5 Å². The molecule has 3 N–H and O–H groups in total. The number of halogens is 1. The molecule has 1 fully saturated rings. The Morgan fingerprint density at radius 1 is 1.56 bits per heavy atom. The van der Waals surface area contributed by atoms with E-state index in [2.05, 4.69) is 5.32 Å². The van der Waals surface area contributed by atoms with Crippen LogP contribution >= 0.6 is 23.7 Å². The molecule has 1 saturated carbocycles. The summed E-state index contributed by atoms with van der Waals surface area (Å²) in [6.07, 6.45) is 3.23. The fraction of sp³-hybridized carbons (Fsp3) is 0.545. The van der Waals surface area contributed by atoms with E-state index < -0.39 is 0 Å².